The molecule has 5 nitrogen and oxygen atoms in total. The van der Waals surface area contributed by atoms with Crippen molar-refractivity contribution in [2.45, 2.75) is 44.4 Å². The molecule has 0 aromatic heterocycles. The standard InChI is InChI=1S/C21H30N2O3/c24-20(21(25)22-11-4-12-23-13-15-26-16-14-23)19-9-7-18(8-10-19)17-5-2-1-3-6-17/h7-10,17H,1-6,11-16H2,(H,22,25). The van der Waals surface area contributed by atoms with Crippen LogP contribution in [0.15, 0.2) is 24.3 Å². The van der Waals surface area contributed by atoms with E-state index in [4.69, 9.17) is 4.74 Å². The van der Waals surface area contributed by atoms with Crippen molar-refractivity contribution in [2.75, 3.05) is 39.4 Å². The van der Waals surface area contributed by atoms with Gasteiger partial charge in [-0.1, -0.05) is 43.5 Å². The van der Waals surface area contributed by atoms with Crippen molar-refractivity contribution in [1.82, 2.24) is 10.2 Å². The van der Waals surface area contributed by atoms with E-state index >= 15 is 0 Å². The summed E-state index contributed by atoms with van der Waals surface area (Å²) in [6.07, 6.45) is 7.22. The molecule has 142 valence electrons. The predicted octanol–water partition coefficient (Wildman–Crippen LogP) is 2.76. The Kier molecular flexibility index (Phi) is 7.21. The third-order valence-electron chi connectivity index (χ3n) is 5.50. The molecule has 1 heterocycles. The summed E-state index contributed by atoms with van der Waals surface area (Å²) < 4.78 is 5.32. The zero-order chi connectivity index (χ0) is 18.2. The van der Waals surface area contributed by atoms with E-state index in [1.807, 2.05) is 12.1 Å². The van der Waals surface area contributed by atoms with Crippen LogP contribution in [-0.2, 0) is 9.53 Å². The first-order valence-corrected chi connectivity index (χ1v) is 9.96. The maximum atomic E-state index is 12.3. The van der Waals surface area contributed by atoms with E-state index in [1.165, 1.54) is 37.7 Å². The fraction of sp³-hybridized carbons (Fsp3) is 0.619. The Balaban J connectivity index is 1.41. The summed E-state index contributed by atoms with van der Waals surface area (Å²) in [4.78, 5) is 26.7. The number of Topliss-reactive ketones (excluding diaryl/α,β-unsaturated/α-hetero) is 1. The fourth-order valence-corrected chi connectivity index (χ4v) is 3.88. The Bertz CT molecular complexity index is 588. The highest BCUT2D eigenvalue weighted by Crippen LogP contribution is 2.32. The molecule has 0 spiro atoms. The van der Waals surface area contributed by atoms with Crippen molar-refractivity contribution in [2.24, 2.45) is 0 Å². The van der Waals surface area contributed by atoms with E-state index < -0.39 is 11.7 Å². The van der Waals surface area contributed by atoms with E-state index in [1.54, 1.807) is 12.1 Å². The normalized spacial score (nSPS) is 19.2. The number of nitrogens with one attached hydrogen (secondary N) is 1. The number of benzene rings is 1. The molecule has 1 aliphatic heterocycles. The summed E-state index contributed by atoms with van der Waals surface area (Å²) in [6.45, 7) is 4.90. The molecule has 0 atom stereocenters. The number of carbonyl (C=O) groups excluding carboxylic acids is 2. The molecule has 1 aliphatic carbocycles. The highest BCUT2D eigenvalue weighted by atomic mass is 16.5. The summed E-state index contributed by atoms with van der Waals surface area (Å²) in [6, 6.07) is 7.66. The quantitative estimate of drug-likeness (QED) is 0.463. The van der Waals surface area contributed by atoms with Gasteiger partial charge in [0.2, 0.25) is 5.78 Å². The molecule has 2 aliphatic rings. The number of nitrogens with zero attached hydrogens (tertiary/aromatic N) is 1. The summed E-state index contributed by atoms with van der Waals surface area (Å²) in [7, 11) is 0. The Morgan fingerprint density at radius 3 is 2.42 bits per heavy atom. The van der Waals surface area contributed by atoms with Gasteiger partial charge in [-0.05, 0) is 37.3 Å². The van der Waals surface area contributed by atoms with Crippen LogP contribution in [0.3, 0.4) is 0 Å². The molecule has 0 bridgehead atoms. The number of carbonyl (C=O) groups is 2. The molecule has 2 fully saturated rings. The summed E-state index contributed by atoms with van der Waals surface area (Å²) in [5.41, 5.74) is 1.78. The molecular formula is C21H30N2O3. The number of ketones is 1. The second kappa shape index (κ2) is 9.83. The van der Waals surface area contributed by atoms with Crippen LogP contribution < -0.4 is 5.32 Å². The van der Waals surface area contributed by atoms with Crippen LogP contribution in [0.5, 0.6) is 0 Å². The second-order valence-electron chi connectivity index (χ2n) is 7.35. The van der Waals surface area contributed by atoms with E-state index in [-0.39, 0.29) is 0 Å². The van der Waals surface area contributed by atoms with Crippen molar-refractivity contribution < 1.29 is 14.3 Å². The van der Waals surface area contributed by atoms with Gasteiger partial charge in [-0.3, -0.25) is 14.5 Å². The Labute approximate surface area is 156 Å². The van der Waals surface area contributed by atoms with Crippen LogP contribution in [0.2, 0.25) is 0 Å². The van der Waals surface area contributed by atoms with Gasteiger partial charge in [-0.15, -0.1) is 0 Å². The maximum absolute atomic E-state index is 12.3. The monoisotopic (exact) mass is 358 g/mol. The first-order chi connectivity index (χ1) is 12.7. The average molecular weight is 358 g/mol. The molecule has 26 heavy (non-hydrogen) atoms. The van der Waals surface area contributed by atoms with Gasteiger partial charge in [0.05, 0.1) is 13.2 Å². The van der Waals surface area contributed by atoms with Gasteiger partial charge in [0.25, 0.3) is 5.91 Å². The van der Waals surface area contributed by atoms with Crippen LogP contribution >= 0.6 is 0 Å². The lowest BCUT2D eigenvalue weighted by atomic mass is 9.84. The van der Waals surface area contributed by atoms with Crippen molar-refractivity contribution in [3.05, 3.63) is 35.4 Å². The van der Waals surface area contributed by atoms with Gasteiger partial charge in [-0.2, -0.15) is 0 Å². The Morgan fingerprint density at radius 2 is 1.73 bits per heavy atom. The van der Waals surface area contributed by atoms with Gasteiger partial charge in [-0.25, -0.2) is 0 Å². The van der Waals surface area contributed by atoms with Crippen molar-refractivity contribution >= 4 is 11.7 Å². The first-order valence-electron chi connectivity index (χ1n) is 9.96. The molecule has 1 saturated carbocycles. The van der Waals surface area contributed by atoms with Gasteiger partial charge >= 0.3 is 0 Å². The number of amides is 1. The average Bonchev–Trinajstić information content (AvgIpc) is 2.72. The fourth-order valence-electron chi connectivity index (χ4n) is 3.88. The van der Waals surface area contributed by atoms with Crippen molar-refractivity contribution in [3.8, 4) is 0 Å². The highest BCUT2D eigenvalue weighted by molar-refractivity contribution is 6.42. The zero-order valence-electron chi connectivity index (χ0n) is 15.5. The largest absolute Gasteiger partial charge is 0.379 e. The van der Waals surface area contributed by atoms with Gasteiger partial charge in [0, 0.05) is 25.2 Å². The molecule has 0 unspecified atom stereocenters. The number of morpholine rings is 1. The number of ether oxygens (including phenoxy) is 1. The van der Waals surface area contributed by atoms with Crippen molar-refractivity contribution in [3.63, 3.8) is 0 Å². The lowest BCUT2D eigenvalue weighted by Gasteiger charge is -2.26. The van der Waals surface area contributed by atoms with Crippen LogP contribution in [-0.4, -0.2) is 56.0 Å². The van der Waals surface area contributed by atoms with Gasteiger partial charge in [0.1, 0.15) is 0 Å². The van der Waals surface area contributed by atoms with E-state index in [0.29, 0.717) is 18.0 Å². The summed E-state index contributed by atoms with van der Waals surface area (Å²) in [5.74, 6) is -0.328. The minimum Gasteiger partial charge on any atom is -0.379 e. The molecule has 0 radical (unpaired) electrons. The third-order valence-corrected chi connectivity index (χ3v) is 5.50. The third kappa shape index (κ3) is 5.39. The van der Waals surface area contributed by atoms with Crippen molar-refractivity contribution in [1.29, 1.82) is 0 Å². The lowest BCUT2D eigenvalue weighted by Crippen LogP contribution is -2.38. The molecule has 1 amide bonds. The molecular weight excluding hydrogens is 328 g/mol. The Morgan fingerprint density at radius 1 is 1.04 bits per heavy atom. The molecule has 1 N–H and O–H groups in total. The van der Waals surface area contributed by atoms with Crippen LogP contribution in [0.25, 0.3) is 0 Å². The molecule has 3 rings (SSSR count). The van der Waals surface area contributed by atoms with Gasteiger partial charge < -0.3 is 10.1 Å². The maximum Gasteiger partial charge on any atom is 0.292 e. The second-order valence-corrected chi connectivity index (χ2v) is 7.35. The van der Waals surface area contributed by atoms with E-state index in [2.05, 4.69) is 10.2 Å². The van der Waals surface area contributed by atoms with E-state index in [0.717, 1.165) is 39.3 Å². The highest BCUT2D eigenvalue weighted by Gasteiger charge is 2.18. The molecule has 1 saturated heterocycles. The molecule has 1 aromatic carbocycles. The molecule has 1 aromatic rings. The summed E-state index contributed by atoms with van der Waals surface area (Å²) >= 11 is 0. The van der Waals surface area contributed by atoms with Gasteiger partial charge in [0.15, 0.2) is 0 Å². The first kappa shape index (κ1) is 19.1. The number of hydrogen-bond acceptors (Lipinski definition) is 4. The Hall–Kier alpha value is -1.72. The topological polar surface area (TPSA) is 58.6 Å². The van der Waals surface area contributed by atoms with Crippen LogP contribution in [0.4, 0.5) is 0 Å². The van der Waals surface area contributed by atoms with Crippen LogP contribution in [0.1, 0.15) is 60.4 Å². The SMILES string of the molecule is O=C(NCCCN1CCOCC1)C(=O)c1ccc(C2CCCCC2)cc1. The predicted molar refractivity (Wildman–Crippen MR) is 101 cm³/mol. The minimum absolute atomic E-state index is 0.438. The summed E-state index contributed by atoms with van der Waals surface area (Å²) in [5, 5.41) is 2.75. The lowest BCUT2D eigenvalue weighted by molar-refractivity contribution is -0.117. The number of rotatable bonds is 7. The minimum atomic E-state index is -0.502. The number of hydrogen-bond donors (Lipinski definition) is 1. The van der Waals surface area contributed by atoms with Crippen LogP contribution in [0, 0.1) is 0 Å². The molecule has 5 heteroatoms. The zero-order valence-corrected chi connectivity index (χ0v) is 15.5. The van der Waals surface area contributed by atoms with E-state index in [9.17, 15) is 9.59 Å². The smallest absolute Gasteiger partial charge is 0.292 e.